The van der Waals surface area contributed by atoms with Crippen LogP contribution in [0, 0.1) is 5.92 Å². The molecule has 2 unspecified atom stereocenters. The largest absolute Gasteiger partial charge is 0.357 e. The van der Waals surface area contributed by atoms with E-state index in [2.05, 4.69) is 20.1 Å². The summed E-state index contributed by atoms with van der Waals surface area (Å²) >= 11 is 0. The van der Waals surface area contributed by atoms with Crippen LogP contribution in [0.25, 0.3) is 0 Å². The molecule has 0 saturated heterocycles. The first-order valence-electron chi connectivity index (χ1n) is 6.05. The second-order valence-corrected chi connectivity index (χ2v) is 4.58. The topological polar surface area (TPSA) is 68.8 Å². The van der Waals surface area contributed by atoms with Crippen molar-refractivity contribution in [2.45, 2.75) is 31.6 Å². The van der Waals surface area contributed by atoms with E-state index in [0.717, 1.165) is 18.3 Å². The molecule has 0 aliphatic heterocycles. The van der Waals surface area contributed by atoms with Crippen molar-refractivity contribution in [3.8, 4) is 0 Å². The molecule has 5 nitrogen and oxygen atoms in total. The molecule has 0 amide bonds. The van der Waals surface area contributed by atoms with E-state index in [9.17, 15) is 0 Å². The summed E-state index contributed by atoms with van der Waals surface area (Å²) in [5, 5.41) is 11.5. The van der Waals surface area contributed by atoms with Crippen LogP contribution in [-0.2, 0) is 7.05 Å². The molecule has 5 heteroatoms. The summed E-state index contributed by atoms with van der Waals surface area (Å²) in [7, 11) is 3.89. The summed E-state index contributed by atoms with van der Waals surface area (Å²) in [5.41, 5.74) is 5.85. The van der Waals surface area contributed by atoms with Crippen LogP contribution in [0.15, 0.2) is 0 Å². The van der Waals surface area contributed by atoms with Crippen LogP contribution < -0.4 is 11.1 Å². The van der Waals surface area contributed by atoms with Crippen LogP contribution >= 0.6 is 0 Å². The van der Waals surface area contributed by atoms with Gasteiger partial charge in [-0.3, -0.25) is 0 Å². The number of nitrogens with two attached hydrogens (primary N) is 1. The van der Waals surface area contributed by atoms with E-state index in [4.69, 9.17) is 5.73 Å². The molecular weight excluding hydrogens is 202 g/mol. The van der Waals surface area contributed by atoms with E-state index in [1.165, 1.54) is 25.7 Å². The highest BCUT2D eigenvalue weighted by Crippen LogP contribution is 2.36. The maximum Gasteiger partial charge on any atom is 0.224 e. The third-order valence-electron chi connectivity index (χ3n) is 3.68. The average molecular weight is 223 g/mol. The average Bonchev–Trinajstić information content (AvgIpc) is 2.70. The van der Waals surface area contributed by atoms with Gasteiger partial charge in [-0.25, -0.2) is 0 Å². The van der Waals surface area contributed by atoms with E-state index >= 15 is 0 Å². The second kappa shape index (κ2) is 4.82. The maximum atomic E-state index is 5.85. The fourth-order valence-electron chi connectivity index (χ4n) is 2.71. The Hall–Kier alpha value is -1.10. The molecule has 0 spiro atoms. The molecule has 1 aliphatic carbocycles. The van der Waals surface area contributed by atoms with Gasteiger partial charge in [-0.15, -0.1) is 10.2 Å². The van der Waals surface area contributed by atoms with Gasteiger partial charge in [0.15, 0.2) is 0 Å². The first-order chi connectivity index (χ1) is 7.77. The van der Waals surface area contributed by atoms with Crippen molar-refractivity contribution in [2.75, 3.05) is 18.9 Å². The number of nitrogens with zero attached hydrogens (tertiary/aromatic N) is 3. The lowest BCUT2D eigenvalue weighted by Gasteiger charge is -2.29. The SMILES string of the molecule is CNc1nnc(C2CCCCC2CN)n1C. The number of rotatable bonds is 3. The molecule has 1 heterocycles. The molecule has 2 rings (SSSR count). The van der Waals surface area contributed by atoms with Gasteiger partial charge in [0.05, 0.1) is 0 Å². The molecule has 0 bridgehead atoms. The minimum atomic E-state index is 0.485. The van der Waals surface area contributed by atoms with Crippen molar-refractivity contribution < 1.29 is 0 Å². The number of hydrogen-bond acceptors (Lipinski definition) is 4. The summed E-state index contributed by atoms with van der Waals surface area (Å²) < 4.78 is 2.05. The van der Waals surface area contributed by atoms with Gasteiger partial charge in [0.25, 0.3) is 0 Å². The summed E-state index contributed by atoms with van der Waals surface area (Å²) in [6.07, 6.45) is 5.00. The predicted octanol–water partition coefficient (Wildman–Crippen LogP) is 1.09. The Bertz CT molecular complexity index is 346. The lowest BCUT2D eigenvalue weighted by molar-refractivity contribution is 0.300. The third kappa shape index (κ3) is 1.91. The molecule has 1 fully saturated rings. The van der Waals surface area contributed by atoms with Gasteiger partial charge in [-0.1, -0.05) is 12.8 Å². The van der Waals surface area contributed by atoms with Crippen LogP contribution in [0.2, 0.25) is 0 Å². The zero-order valence-electron chi connectivity index (χ0n) is 10.1. The van der Waals surface area contributed by atoms with Gasteiger partial charge < -0.3 is 15.6 Å². The fourth-order valence-corrected chi connectivity index (χ4v) is 2.71. The highest BCUT2D eigenvalue weighted by Gasteiger charge is 2.29. The number of hydrogen-bond donors (Lipinski definition) is 2. The number of nitrogens with one attached hydrogen (secondary N) is 1. The van der Waals surface area contributed by atoms with Gasteiger partial charge in [0, 0.05) is 20.0 Å². The van der Waals surface area contributed by atoms with Crippen LogP contribution in [0.3, 0.4) is 0 Å². The first kappa shape index (κ1) is 11.4. The molecule has 1 saturated carbocycles. The van der Waals surface area contributed by atoms with Gasteiger partial charge in [-0.2, -0.15) is 0 Å². The number of anilines is 1. The summed E-state index contributed by atoms with van der Waals surface area (Å²) in [6.45, 7) is 0.756. The molecule has 3 N–H and O–H groups in total. The lowest BCUT2D eigenvalue weighted by Crippen LogP contribution is -2.27. The minimum Gasteiger partial charge on any atom is -0.357 e. The smallest absolute Gasteiger partial charge is 0.224 e. The van der Waals surface area contributed by atoms with Crippen molar-refractivity contribution in [1.29, 1.82) is 0 Å². The van der Waals surface area contributed by atoms with Crippen LogP contribution in [0.4, 0.5) is 5.95 Å². The van der Waals surface area contributed by atoms with Crippen LogP contribution in [0.5, 0.6) is 0 Å². The lowest BCUT2D eigenvalue weighted by atomic mass is 9.79. The van der Waals surface area contributed by atoms with Crippen molar-refractivity contribution in [1.82, 2.24) is 14.8 Å². The molecule has 1 aromatic heterocycles. The van der Waals surface area contributed by atoms with E-state index in [1.54, 1.807) is 0 Å². The van der Waals surface area contributed by atoms with Gasteiger partial charge in [0.1, 0.15) is 5.82 Å². The quantitative estimate of drug-likeness (QED) is 0.805. The predicted molar refractivity (Wildman–Crippen MR) is 64.3 cm³/mol. The third-order valence-corrected chi connectivity index (χ3v) is 3.68. The van der Waals surface area contributed by atoms with Gasteiger partial charge >= 0.3 is 0 Å². The molecule has 0 aromatic carbocycles. The highest BCUT2D eigenvalue weighted by atomic mass is 15.3. The summed E-state index contributed by atoms with van der Waals surface area (Å²) in [6, 6.07) is 0. The molecule has 0 radical (unpaired) electrons. The summed E-state index contributed by atoms with van der Waals surface area (Å²) in [4.78, 5) is 0. The Labute approximate surface area is 96.4 Å². The Kier molecular flexibility index (Phi) is 3.43. The Balaban J connectivity index is 2.23. The monoisotopic (exact) mass is 223 g/mol. The van der Waals surface area contributed by atoms with Crippen molar-refractivity contribution in [2.24, 2.45) is 18.7 Å². The highest BCUT2D eigenvalue weighted by molar-refractivity contribution is 5.25. The molecule has 90 valence electrons. The summed E-state index contributed by atoms with van der Waals surface area (Å²) in [5.74, 6) is 2.97. The van der Waals surface area contributed by atoms with Crippen molar-refractivity contribution in [3.63, 3.8) is 0 Å². The molecule has 1 aromatic rings. The van der Waals surface area contributed by atoms with E-state index in [1.807, 2.05) is 14.1 Å². The minimum absolute atomic E-state index is 0.485. The number of aromatic nitrogens is 3. The van der Waals surface area contributed by atoms with Crippen LogP contribution in [0.1, 0.15) is 37.4 Å². The van der Waals surface area contributed by atoms with E-state index in [-0.39, 0.29) is 0 Å². The molecule has 16 heavy (non-hydrogen) atoms. The molecule has 1 aliphatic rings. The fraction of sp³-hybridized carbons (Fsp3) is 0.818. The second-order valence-electron chi connectivity index (χ2n) is 4.58. The zero-order chi connectivity index (χ0) is 11.5. The van der Waals surface area contributed by atoms with E-state index < -0.39 is 0 Å². The Morgan fingerprint density at radius 1 is 1.38 bits per heavy atom. The standard InChI is InChI=1S/C11H21N5/c1-13-11-15-14-10(16(11)2)9-6-4-3-5-8(9)7-12/h8-9H,3-7,12H2,1-2H3,(H,13,15). The van der Waals surface area contributed by atoms with Crippen molar-refractivity contribution >= 4 is 5.95 Å². The maximum absolute atomic E-state index is 5.85. The molecular formula is C11H21N5. The first-order valence-corrected chi connectivity index (χ1v) is 6.05. The van der Waals surface area contributed by atoms with E-state index in [0.29, 0.717) is 11.8 Å². The normalized spacial score (nSPS) is 25.7. The Morgan fingerprint density at radius 2 is 2.12 bits per heavy atom. The van der Waals surface area contributed by atoms with Gasteiger partial charge in [-0.05, 0) is 25.3 Å². The zero-order valence-corrected chi connectivity index (χ0v) is 10.1. The van der Waals surface area contributed by atoms with Gasteiger partial charge in [0.2, 0.25) is 5.95 Å². The van der Waals surface area contributed by atoms with Crippen LogP contribution in [-0.4, -0.2) is 28.4 Å². The molecule has 2 atom stereocenters. The van der Waals surface area contributed by atoms with Crippen molar-refractivity contribution in [3.05, 3.63) is 5.82 Å². The Morgan fingerprint density at radius 3 is 2.75 bits per heavy atom.